The Morgan fingerprint density at radius 3 is 2.12 bits per heavy atom. The molecule has 0 heterocycles. The van der Waals surface area contributed by atoms with Crippen LogP contribution in [-0.2, 0) is 0 Å². The maximum absolute atomic E-state index is 3.64. The molecule has 2 aliphatic rings. The number of nitrogens with one attached hydrogen (secondary N) is 1. The summed E-state index contributed by atoms with van der Waals surface area (Å²) in [5.74, 6) is 0.938. The van der Waals surface area contributed by atoms with Crippen molar-refractivity contribution in [3.63, 3.8) is 0 Å². The van der Waals surface area contributed by atoms with Crippen molar-refractivity contribution in [2.45, 2.75) is 82.0 Å². The van der Waals surface area contributed by atoms with Crippen LogP contribution < -0.4 is 5.32 Å². The Labute approximate surface area is 109 Å². The summed E-state index contributed by atoms with van der Waals surface area (Å²) in [7, 11) is 4.78. The minimum Gasteiger partial charge on any atom is -0.317 e. The Bertz CT molecular complexity index is 221. The van der Waals surface area contributed by atoms with Gasteiger partial charge in [-0.3, -0.25) is 0 Å². The normalized spacial score (nSPS) is 34.9. The van der Waals surface area contributed by atoms with Crippen LogP contribution in [0.15, 0.2) is 0 Å². The van der Waals surface area contributed by atoms with Gasteiger partial charge in [-0.15, -0.1) is 0 Å². The van der Waals surface area contributed by atoms with E-state index in [0.717, 1.165) is 12.0 Å². The zero-order chi connectivity index (χ0) is 12.1. The highest BCUT2D eigenvalue weighted by Gasteiger charge is 2.38. The van der Waals surface area contributed by atoms with E-state index in [4.69, 9.17) is 0 Å². The Balaban J connectivity index is 2.09. The number of hydrogen-bond acceptors (Lipinski definition) is 1. The third kappa shape index (κ3) is 3.27. The van der Waals surface area contributed by atoms with Gasteiger partial charge in [-0.25, -0.2) is 0 Å². The minimum absolute atomic E-state index is 0.633. The van der Waals surface area contributed by atoms with E-state index in [1.54, 1.807) is 0 Å². The summed E-state index contributed by atoms with van der Waals surface area (Å²) in [6.07, 6.45) is 16.1. The molecule has 0 aromatic rings. The summed E-state index contributed by atoms with van der Waals surface area (Å²) in [5.41, 5.74) is 0. The lowest BCUT2D eigenvalue weighted by molar-refractivity contribution is 0.237. The molecular formula is C15H30BN. The molecule has 0 saturated heterocycles. The SMILES string of the molecule is BC1(C2CCCCCC2NC)CCCCCC1. The monoisotopic (exact) mass is 235 g/mol. The first kappa shape index (κ1) is 13.5. The van der Waals surface area contributed by atoms with Crippen molar-refractivity contribution in [3.05, 3.63) is 0 Å². The van der Waals surface area contributed by atoms with Gasteiger partial charge in [0.15, 0.2) is 0 Å². The van der Waals surface area contributed by atoms with Crippen LogP contribution in [0.1, 0.15) is 70.6 Å². The molecule has 0 amide bonds. The molecule has 98 valence electrons. The Morgan fingerprint density at radius 2 is 1.47 bits per heavy atom. The molecule has 17 heavy (non-hydrogen) atoms. The van der Waals surface area contributed by atoms with Crippen LogP contribution in [0, 0.1) is 5.92 Å². The van der Waals surface area contributed by atoms with Crippen molar-refractivity contribution in [1.82, 2.24) is 5.32 Å². The Kier molecular flexibility index (Phi) is 4.96. The van der Waals surface area contributed by atoms with Crippen LogP contribution in [0.2, 0.25) is 5.31 Å². The first-order chi connectivity index (χ1) is 8.26. The van der Waals surface area contributed by atoms with Crippen LogP contribution in [0.4, 0.5) is 0 Å². The maximum atomic E-state index is 3.64. The molecule has 0 aromatic carbocycles. The second-order valence-electron chi connectivity index (χ2n) is 6.71. The van der Waals surface area contributed by atoms with E-state index in [0.29, 0.717) is 5.31 Å². The van der Waals surface area contributed by atoms with Gasteiger partial charge in [0.25, 0.3) is 0 Å². The lowest BCUT2D eigenvalue weighted by Crippen LogP contribution is -2.40. The summed E-state index contributed by atoms with van der Waals surface area (Å²) >= 11 is 0. The van der Waals surface area contributed by atoms with E-state index >= 15 is 0 Å². The smallest absolute Gasteiger partial charge is 0.109 e. The minimum atomic E-state index is 0.633. The van der Waals surface area contributed by atoms with Crippen molar-refractivity contribution in [1.29, 1.82) is 0 Å². The third-order valence-electron chi connectivity index (χ3n) is 5.53. The van der Waals surface area contributed by atoms with Gasteiger partial charge in [0.05, 0.1) is 0 Å². The predicted octanol–water partition coefficient (Wildman–Crippen LogP) is 3.30. The summed E-state index contributed by atoms with van der Waals surface area (Å²) in [5, 5.41) is 4.27. The fourth-order valence-corrected chi connectivity index (χ4v) is 4.39. The molecule has 2 fully saturated rings. The van der Waals surface area contributed by atoms with E-state index < -0.39 is 0 Å². The van der Waals surface area contributed by atoms with E-state index in [-0.39, 0.29) is 0 Å². The predicted molar refractivity (Wildman–Crippen MR) is 78.4 cm³/mol. The van der Waals surface area contributed by atoms with E-state index in [1.807, 2.05) is 0 Å². The molecule has 2 aliphatic carbocycles. The standard InChI is InChI=1S/C15H30BN/c1-17-14-10-6-4-5-9-13(14)15(16)11-7-2-3-8-12-15/h13-14,17H,2-12,16H2,1H3. The molecule has 0 radical (unpaired) electrons. The Morgan fingerprint density at radius 1 is 0.882 bits per heavy atom. The highest BCUT2D eigenvalue weighted by atomic mass is 14.9. The Hall–Kier alpha value is 0.0249. The second kappa shape index (κ2) is 6.27. The fraction of sp³-hybridized carbons (Fsp3) is 1.00. The summed E-state index contributed by atoms with van der Waals surface area (Å²) in [6, 6.07) is 0.792. The van der Waals surface area contributed by atoms with Crippen LogP contribution in [0.5, 0.6) is 0 Å². The van der Waals surface area contributed by atoms with Crippen LogP contribution in [0.25, 0.3) is 0 Å². The molecule has 1 N–H and O–H groups in total. The topological polar surface area (TPSA) is 12.0 Å². The van der Waals surface area contributed by atoms with Crippen LogP contribution >= 0.6 is 0 Å². The highest BCUT2D eigenvalue weighted by molar-refractivity contribution is 6.15. The zero-order valence-corrected chi connectivity index (χ0v) is 11.9. The van der Waals surface area contributed by atoms with Gasteiger partial charge < -0.3 is 5.32 Å². The van der Waals surface area contributed by atoms with Gasteiger partial charge in [-0.1, -0.05) is 63.1 Å². The lowest BCUT2D eigenvalue weighted by Gasteiger charge is -2.41. The first-order valence-corrected chi connectivity index (χ1v) is 7.93. The van der Waals surface area contributed by atoms with E-state index in [1.165, 1.54) is 70.6 Å². The van der Waals surface area contributed by atoms with Gasteiger partial charge in [0.2, 0.25) is 0 Å². The molecule has 0 bridgehead atoms. The largest absolute Gasteiger partial charge is 0.317 e. The number of hydrogen-bond donors (Lipinski definition) is 1. The first-order valence-electron chi connectivity index (χ1n) is 7.93. The van der Waals surface area contributed by atoms with Crippen molar-refractivity contribution in [2.75, 3.05) is 7.05 Å². The second-order valence-corrected chi connectivity index (χ2v) is 6.71. The van der Waals surface area contributed by atoms with Crippen LogP contribution in [0.3, 0.4) is 0 Å². The van der Waals surface area contributed by atoms with Crippen molar-refractivity contribution in [3.8, 4) is 0 Å². The van der Waals surface area contributed by atoms with Gasteiger partial charge in [0.1, 0.15) is 7.85 Å². The average Bonchev–Trinajstić information content (AvgIpc) is 2.69. The van der Waals surface area contributed by atoms with E-state index in [2.05, 4.69) is 20.2 Å². The molecule has 1 nitrogen and oxygen atoms in total. The average molecular weight is 235 g/mol. The van der Waals surface area contributed by atoms with Gasteiger partial charge in [-0.05, 0) is 25.8 Å². The zero-order valence-electron chi connectivity index (χ0n) is 11.9. The van der Waals surface area contributed by atoms with Crippen molar-refractivity contribution < 1.29 is 0 Å². The molecule has 2 unspecified atom stereocenters. The van der Waals surface area contributed by atoms with Gasteiger partial charge >= 0.3 is 0 Å². The molecule has 2 atom stereocenters. The fourth-order valence-electron chi connectivity index (χ4n) is 4.39. The molecule has 2 rings (SSSR count). The summed E-state index contributed by atoms with van der Waals surface area (Å²) in [6.45, 7) is 0. The third-order valence-corrected chi connectivity index (χ3v) is 5.53. The molecule has 0 aromatic heterocycles. The van der Waals surface area contributed by atoms with Crippen molar-refractivity contribution >= 4 is 7.85 Å². The maximum Gasteiger partial charge on any atom is 0.109 e. The van der Waals surface area contributed by atoms with Crippen molar-refractivity contribution in [2.24, 2.45) is 5.92 Å². The van der Waals surface area contributed by atoms with Gasteiger partial charge in [0, 0.05) is 6.04 Å². The molecule has 2 saturated carbocycles. The molecule has 0 spiro atoms. The van der Waals surface area contributed by atoms with Gasteiger partial charge in [-0.2, -0.15) is 0 Å². The lowest BCUT2D eigenvalue weighted by atomic mass is 9.54. The van der Waals surface area contributed by atoms with E-state index in [9.17, 15) is 0 Å². The molecule has 0 aliphatic heterocycles. The quantitative estimate of drug-likeness (QED) is 0.572. The highest BCUT2D eigenvalue weighted by Crippen LogP contribution is 2.50. The molecular weight excluding hydrogens is 205 g/mol. The summed E-state index contributed by atoms with van der Waals surface area (Å²) in [4.78, 5) is 0. The van der Waals surface area contributed by atoms with Crippen LogP contribution in [-0.4, -0.2) is 20.9 Å². The number of rotatable bonds is 2. The summed E-state index contributed by atoms with van der Waals surface area (Å²) < 4.78 is 0. The molecule has 2 heteroatoms.